The molecular weight excluding hydrogens is 811 g/mol. The van der Waals surface area contributed by atoms with Crippen LogP contribution in [0.5, 0.6) is 0 Å². The van der Waals surface area contributed by atoms with Gasteiger partial charge in [0, 0.05) is 42.5 Å². The second-order valence-corrected chi connectivity index (χ2v) is 14.1. The quantitative estimate of drug-likeness (QED) is 0.102. The highest BCUT2D eigenvalue weighted by molar-refractivity contribution is 9.09. The number of piperidine rings is 1. The Morgan fingerprint density at radius 3 is 1.63 bits per heavy atom. The van der Waals surface area contributed by atoms with Gasteiger partial charge in [0.15, 0.2) is 0 Å². The number of rotatable bonds is 13. The highest BCUT2D eigenvalue weighted by Crippen LogP contribution is 2.25. The highest BCUT2D eigenvalue weighted by Gasteiger charge is 2.23. The van der Waals surface area contributed by atoms with Crippen LogP contribution in [0.25, 0.3) is 0 Å². The van der Waals surface area contributed by atoms with E-state index in [0.717, 1.165) is 72.4 Å². The number of hydrogen-bond donors (Lipinski definition) is 2. The molecule has 1 heterocycles. The molecule has 0 aromatic heterocycles. The van der Waals surface area contributed by atoms with E-state index in [2.05, 4.69) is 37.2 Å². The minimum Gasteiger partial charge on any atom is -0.350 e. The van der Waals surface area contributed by atoms with Crippen LogP contribution in [0.2, 0.25) is 0 Å². The van der Waals surface area contributed by atoms with Gasteiger partial charge in [0.25, 0.3) is 0 Å². The van der Waals surface area contributed by atoms with Crippen molar-refractivity contribution in [1.29, 1.82) is 0 Å². The van der Waals surface area contributed by atoms with Crippen molar-refractivity contribution >= 4 is 60.5 Å². The predicted octanol–water partition coefficient (Wildman–Crippen LogP) is 10.6. The molecule has 1 saturated heterocycles. The molecule has 3 N–H and O–H groups in total. The SMILES string of the molecule is C[C@@H](c1ccc(F)cc1)N1CCCCC1=O.C[C@H](N)c1ccc(F)cc1.C[C@H](NC(=O)CCCCBr)c1ccc(F)cc1.O=C(Cl)CCCCBr. The summed E-state index contributed by atoms with van der Waals surface area (Å²) in [6.45, 7) is 6.58. The Bertz CT molecular complexity index is 1420. The number of unbranched alkanes of at least 4 members (excludes halogenated alkanes) is 2. The molecule has 0 bridgehead atoms. The van der Waals surface area contributed by atoms with Gasteiger partial charge in [-0.2, -0.15) is 0 Å². The Kier molecular flexibility index (Phi) is 24.5. The molecule has 0 spiro atoms. The summed E-state index contributed by atoms with van der Waals surface area (Å²) >= 11 is 11.6. The number of nitrogens with zero attached hydrogens (tertiary/aromatic N) is 1. The fraction of sp³-hybridized carbons (Fsp3) is 0.462. The van der Waals surface area contributed by atoms with Crippen molar-refractivity contribution in [3.8, 4) is 0 Å². The summed E-state index contributed by atoms with van der Waals surface area (Å²) in [4.78, 5) is 35.3. The largest absolute Gasteiger partial charge is 0.350 e. The van der Waals surface area contributed by atoms with E-state index in [-0.39, 0.29) is 52.6 Å². The lowest BCUT2D eigenvalue weighted by Crippen LogP contribution is -2.37. The van der Waals surface area contributed by atoms with E-state index in [9.17, 15) is 27.6 Å². The van der Waals surface area contributed by atoms with Crippen LogP contribution in [0.3, 0.4) is 0 Å². The fourth-order valence-electron chi connectivity index (χ4n) is 4.81. The summed E-state index contributed by atoms with van der Waals surface area (Å²) in [7, 11) is 0. The molecule has 4 rings (SSSR count). The maximum Gasteiger partial charge on any atom is 0.223 e. The lowest BCUT2D eigenvalue weighted by atomic mass is 10.0. The molecule has 2 amide bonds. The van der Waals surface area contributed by atoms with Crippen LogP contribution >= 0.6 is 43.5 Å². The molecule has 282 valence electrons. The number of nitrogens with two attached hydrogens (primary N) is 1. The van der Waals surface area contributed by atoms with Gasteiger partial charge in [-0.25, -0.2) is 13.2 Å². The zero-order valence-corrected chi connectivity index (χ0v) is 33.6. The third-order valence-corrected chi connectivity index (χ3v) is 9.18. The molecule has 12 heteroatoms. The van der Waals surface area contributed by atoms with Crippen LogP contribution in [0, 0.1) is 17.5 Å². The molecule has 0 unspecified atom stereocenters. The van der Waals surface area contributed by atoms with Crippen molar-refractivity contribution in [1.82, 2.24) is 10.2 Å². The topological polar surface area (TPSA) is 92.5 Å². The van der Waals surface area contributed by atoms with Gasteiger partial charge in [0.05, 0.1) is 12.1 Å². The Morgan fingerprint density at radius 2 is 1.20 bits per heavy atom. The van der Waals surface area contributed by atoms with E-state index in [1.165, 1.54) is 36.4 Å². The number of likely N-dealkylation sites (tertiary alicyclic amines) is 1. The molecule has 0 aliphatic carbocycles. The van der Waals surface area contributed by atoms with Crippen LogP contribution < -0.4 is 11.1 Å². The zero-order chi connectivity index (χ0) is 38.2. The van der Waals surface area contributed by atoms with Gasteiger partial charge < -0.3 is 16.0 Å². The van der Waals surface area contributed by atoms with Gasteiger partial charge in [-0.3, -0.25) is 14.4 Å². The Hall–Kier alpha value is -2.73. The summed E-state index contributed by atoms with van der Waals surface area (Å²) in [5, 5.41) is 4.55. The summed E-state index contributed by atoms with van der Waals surface area (Å²) < 4.78 is 37.8. The maximum atomic E-state index is 12.8. The average Bonchev–Trinajstić information content (AvgIpc) is 3.10. The van der Waals surface area contributed by atoms with Crippen LogP contribution in [0.4, 0.5) is 13.2 Å². The van der Waals surface area contributed by atoms with Gasteiger partial charge in [0.1, 0.15) is 17.5 Å². The number of carbonyl (C=O) groups excluding carboxylic acids is 3. The van der Waals surface area contributed by atoms with Crippen LogP contribution in [0.15, 0.2) is 72.8 Å². The first-order chi connectivity index (χ1) is 24.3. The van der Waals surface area contributed by atoms with Crippen molar-refractivity contribution in [3.63, 3.8) is 0 Å². The Balaban J connectivity index is 0.000000355. The van der Waals surface area contributed by atoms with Crippen LogP contribution in [-0.4, -0.2) is 39.2 Å². The number of nitrogens with one attached hydrogen (secondary N) is 1. The predicted molar refractivity (Wildman–Crippen MR) is 208 cm³/mol. The first kappa shape index (κ1) is 46.3. The molecule has 0 saturated carbocycles. The van der Waals surface area contributed by atoms with Crippen molar-refractivity contribution in [2.75, 3.05) is 17.2 Å². The summed E-state index contributed by atoms with van der Waals surface area (Å²) in [5.74, 6) is -0.458. The van der Waals surface area contributed by atoms with Crippen molar-refractivity contribution in [3.05, 3.63) is 107 Å². The van der Waals surface area contributed by atoms with Gasteiger partial charge in [-0.1, -0.05) is 68.3 Å². The van der Waals surface area contributed by atoms with Gasteiger partial charge >= 0.3 is 0 Å². The molecule has 6 nitrogen and oxygen atoms in total. The van der Waals surface area contributed by atoms with E-state index >= 15 is 0 Å². The molecule has 1 aliphatic rings. The minimum atomic E-state index is -0.260. The highest BCUT2D eigenvalue weighted by atomic mass is 79.9. The number of carbonyl (C=O) groups is 3. The van der Waals surface area contributed by atoms with Crippen molar-refractivity contribution in [2.45, 2.75) is 96.7 Å². The van der Waals surface area contributed by atoms with Crippen LogP contribution in [-0.2, 0) is 14.4 Å². The third-order valence-electron chi connectivity index (χ3n) is 7.87. The molecular formula is C39H51Br2ClF3N3O3. The summed E-state index contributed by atoms with van der Waals surface area (Å²) in [5.41, 5.74) is 8.41. The van der Waals surface area contributed by atoms with E-state index in [4.69, 9.17) is 17.3 Å². The third kappa shape index (κ3) is 20.8. The molecule has 51 heavy (non-hydrogen) atoms. The van der Waals surface area contributed by atoms with Crippen molar-refractivity contribution < 1.29 is 27.6 Å². The first-order valence-electron chi connectivity index (χ1n) is 17.2. The Morgan fingerprint density at radius 1 is 0.745 bits per heavy atom. The number of halogens is 6. The number of amides is 2. The van der Waals surface area contributed by atoms with Crippen LogP contribution in [0.1, 0.15) is 113 Å². The van der Waals surface area contributed by atoms with E-state index < -0.39 is 0 Å². The number of hydrogen-bond acceptors (Lipinski definition) is 4. The molecule has 3 atom stereocenters. The second kappa shape index (κ2) is 27.0. The van der Waals surface area contributed by atoms with Gasteiger partial charge in [-0.05, 0) is 124 Å². The van der Waals surface area contributed by atoms with E-state index in [1.807, 2.05) is 25.7 Å². The normalized spacial score (nSPS) is 13.9. The van der Waals surface area contributed by atoms with E-state index in [0.29, 0.717) is 19.3 Å². The minimum absolute atomic E-state index is 0.0133. The molecule has 1 aliphatic heterocycles. The monoisotopic (exact) mass is 859 g/mol. The van der Waals surface area contributed by atoms with E-state index in [1.54, 1.807) is 36.4 Å². The molecule has 3 aromatic rings. The van der Waals surface area contributed by atoms with Crippen molar-refractivity contribution in [2.24, 2.45) is 5.73 Å². The lowest BCUT2D eigenvalue weighted by Gasteiger charge is -2.32. The van der Waals surface area contributed by atoms with Gasteiger partial charge in [-0.15, -0.1) is 0 Å². The summed E-state index contributed by atoms with van der Waals surface area (Å²) in [6, 6.07) is 18.8. The first-order valence-corrected chi connectivity index (χ1v) is 19.8. The number of benzene rings is 3. The molecule has 3 aromatic carbocycles. The second-order valence-electron chi connectivity index (χ2n) is 12.1. The standard InChI is InChI=1S/C13H17BrFNO.C13H16FNO.C8H10FN.C5H8BrClO/c1-10(11-5-7-12(15)8-6-11)16-13(17)4-2-3-9-14;1-10(11-5-7-12(14)8-6-11)15-9-3-2-4-13(15)16;1-6(10)7-2-4-8(9)5-3-7;6-4-2-1-3-5(7)8/h5-8,10H,2-4,9H2,1H3,(H,16,17);5-8,10H,2-4,9H2,1H3;2-6H,10H2,1H3;1-4H2/t2*10-;6-;/m000./s1. The summed E-state index contributed by atoms with van der Waals surface area (Å²) in [6.07, 6.45) is 7.55. The Labute approximate surface area is 323 Å². The average molecular weight is 862 g/mol. The smallest absolute Gasteiger partial charge is 0.223 e. The zero-order valence-electron chi connectivity index (χ0n) is 29.7. The molecule has 1 fully saturated rings. The fourth-order valence-corrected chi connectivity index (χ4v) is 5.74. The van der Waals surface area contributed by atoms with Gasteiger partial charge in [0.2, 0.25) is 17.1 Å². The number of alkyl halides is 2. The molecule has 0 radical (unpaired) electrons. The maximum absolute atomic E-state index is 12.8. The lowest BCUT2D eigenvalue weighted by molar-refractivity contribution is -0.135.